The molecule has 0 saturated carbocycles. The van der Waals surface area contributed by atoms with Crippen molar-refractivity contribution >= 4 is 5.97 Å². The molecule has 1 aliphatic rings. The van der Waals surface area contributed by atoms with Crippen molar-refractivity contribution in [2.45, 2.75) is 12.6 Å². The Kier molecular flexibility index (Phi) is 1.12. The molecule has 0 unspecified atom stereocenters. The van der Waals surface area contributed by atoms with Crippen molar-refractivity contribution in [3.8, 4) is 0 Å². The smallest absolute Gasteiger partial charge is 0.379 e. The van der Waals surface area contributed by atoms with Crippen molar-refractivity contribution in [3.63, 3.8) is 0 Å². The van der Waals surface area contributed by atoms with E-state index in [9.17, 15) is 4.79 Å². The Hall–Kier alpha value is -1.23. The number of nitrogens with two attached hydrogens (primary N) is 1. The number of hydrogen-bond donors (Lipinski definition) is 3. The van der Waals surface area contributed by atoms with E-state index in [4.69, 9.17) is 15.9 Å². The summed E-state index contributed by atoms with van der Waals surface area (Å²) < 4.78 is 4.34. The number of aliphatic hydroxyl groups excluding tert-OH is 2. The molecule has 10 heavy (non-hydrogen) atoms. The van der Waals surface area contributed by atoms with Gasteiger partial charge in [-0.25, -0.2) is 4.79 Å². The minimum atomic E-state index is -1.57. The fraction of sp³-hybridized carbons (Fsp3) is 0.400. The molecule has 1 atom stereocenters. The van der Waals surface area contributed by atoms with E-state index in [0.717, 1.165) is 0 Å². The van der Waals surface area contributed by atoms with Gasteiger partial charge in [0.25, 0.3) is 0 Å². The van der Waals surface area contributed by atoms with E-state index in [1.54, 1.807) is 0 Å². The van der Waals surface area contributed by atoms with E-state index >= 15 is 0 Å². The van der Waals surface area contributed by atoms with Crippen LogP contribution in [0.25, 0.3) is 0 Å². The molecule has 0 bridgehead atoms. The number of rotatable bonds is 0. The fourth-order valence-corrected chi connectivity index (χ4v) is 0.621. The van der Waals surface area contributed by atoms with Crippen molar-refractivity contribution < 1.29 is 19.7 Å². The Balaban J connectivity index is 3.06. The molecule has 0 radical (unpaired) electrons. The quantitative estimate of drug-likeness (QED) is 0.401. The lowest BCUT2D eigenvalue weighted by atomic mass is 10.2. The van der Waals surface area contributed by atoms with Crippen LogP contribution in [0.3, 0.4) is 0 Å². The summed E-state index contributed by atoms with van der Waals surface area (Å²) in [7, 11) is 0. The molecule has 5 heteroatoms. The van der Waals surface area contributed by atoms with E-state index in [-0.39, 0.29) is 0 Å². The second-order valence-corrected chi connectivity index (χ2v) is 2.19. The lowest BCUT2D eigenvalue weighted by Gasteiger charge is -2.15. The summed E-state index contributed by atoms with van der Waals surface area (Å²) >= 11 is 0. The fourth-order valence-electron chi connectivity index (χ4n) is 0.621. The second-order valence-electron chi connectivity index (χ2n) is 2.19. The lowest BCUT2D eigenvalue weighted by Crippen LogP contribution is -2.38. The van der Waals surface area contributed by atoms with Crippen molar-refractivity contribution in [2.24, 2.45) is 5.73 Å². The number of cyclic esters (lactones) is 1. The highest BCUT2D eigenvalue weighted by Gasteiger charge is 2.41. The van der Waals surface area contributed by atoms with Gasteiger partial charge < -0.3 is 14.9 Å². The SMILES string of the molecule is C[C@@]1(N)OC(=O)C(O)=C1O. The molecule has 1 aliphatic heterocycles. The van der Waals surface area contributed by atoms with Gasteiger partial charge in [-0.3, -0.25) is 5.73 Å². The van der Waals surface area contributed by atoms with Gasteiger partial charge >= 0.3 is 5.97 Å². The average molecular weight is 145 g/mol. The van der Waals surface area contributed by atoms with Crippen LogP contribution in [0.2, 0.25) is 0 Å². The summed E-state index contributed by atoms with van der Waals surface area (Å²) in [5.74, 6) is -2.44. The topological polar surface area (TPSA) is 92.8 Å². The first-order chi connectivity index (χ1) is 4.45. The zero-order valence-corrected chi connectivity index (χ0v) is 5.29. The molecule has 5 nitrogen and oxygen atoms in total. The molecule has 0 aromatic rings. The van der Waals surface area contributed by atoms with Crippen LogP contribution in [-0.4, -0.2) is 21.9 Å². The predicted molar refractivity (Wildman–Crippen MR) is 31.0 cm³/mol. The highest BCUT2D eigenvalue weighted by atomic mass is 16.6. The summed E-state index contributed by atoms with van der Waals surface area (Å²) in [6.45, 7) is 1.27. The lowest BCUT2D eigenvalue weighted by molar-refractivity contribution is -0.148. The van der Waals surface area contributed by atoms with Gasteiger partial charge in [-0.05, 0) is 6.92 Å². The number of esters is 1. The molecule has 4 N–H and O–H groups in total. The third kappa shape index (κ3) is 0.714. The van der Waals surface area contributed by atoms with Gasteiger partial charge in [0.2, 0.25) is 17.2 Å². The van der Waals surface area contributed by atoms with Crippen LogP contribution in [0.4, 0.5) is 0 Å². The van der Waals surface area contributed by atoms with Gasteiger partial charge in [0.15, 0.2) is 0 Å². The highest BCUT2D eigenvalue weighted by Crippen LogP contribution is 2.23. The first kappa shape index (κ1) is 6.88. The largest absolute Gasteiger partial charge is 0.504 e. The summed E-state index contributed by atoms with van der Waals surface area (Å²) in [6.07, 6.45) is 0. The van der Waals surface area contributed by atoms with E-state index < -0.39 is 23.2 Å². The molecule has 0 amide bonds. The average Bonchev–Trinajstić information content (AvgIpc) is 1.95. The third-order valence-corrected chi connectivity index (χ3v) is 1.19. The minimum Gasteiger partial charge on any atom is -0.504 e. The van der Waals surface area contributed by atoms with Crippen LogP contribution in [0.1, 0.15) is 6.92 Å². The molecule has 0 aromatic heterocycles. The second kappa shape index (κ2) is 1.63. The normalized spacial score (nSPS) is 32.8. The molecule has 0 fully saturated rings. The number of ether oxygens (including phenoxy) is 1. The van der Waals surface area contributed by atoms with Gasteiger partial charge in [-0.15, -0.1) is 0 Å². The van der Waals surface area contributed by atoms with Crippen molar-refractivity contribution in [1.82, 2.24) is 0 Å². The van der Waals surface area contributed by atoms with Crippen LogP contribution >= 0.6 is 0 Å². The van der Waals surface area contributed by atoms with Gasteiger partial charge in [-0.2, -0.15) is 0 Å². The summed E-state index contributed by atoms with van der Waals surface area (Å²) in [5, 5.41) is 17.5. The molecular formula is C5H7NO4. The van der Waals surface area contributed by atoms with Crippen LogP contribution < -0.4 is 5.73 Å². The van der Waals surface area contributed by atoms with Crippen LogP contribution in [0.15, 0.2) is 11.5 Å². The van der Waals surface area contributed by atoms with Crippen molar-refractivity contribution in [3.05, 3.63) is 11.5 Å². The molecular weight excluding hydrogens is 138 g/mol. The zero-order valence-electron chi connectivity index (χ0n) is 5.29. The Bertz CT molecular complexity index is 218. The first-order valence-corrected chi connectivity index (χ1v) is 2.60. The van der Waals surface area contributed by atoms with E-state index in [2.05, 4.69) is 4.74 Å². The Morgan fingerprint density at radius 3 is 2.20 bits per heavy atom. The maximum absolute atomic E-state index is 10.4. The third-order valence-electron chi connectivity index (χ3n) is 1.19. The standard InChI is InChI=1S/C5H7NO4/c1-5(6)3(8)2(7)4(9)10-5/h7-8H,6H2,1H3/t5-/m1/s1. The minimum absolute atomic E-state index is 0.627. The molecule has 0 aliphatic carbocycles. The van der Waals surface area contributed by atoms with Crippen LogP contribution in [-0.2, 0) is 9.53 Å². The predicted octanol–water partition coefficient (Wildman–Crippen LogP) is -0.454. The zero-order chi connectivity index (χ0) is 7.94. The molecule has 0 spiro atoms. The van der Waals surface area contributed by atoms with Crippen molar-refractivity contribution in [2.75, 3.05) is 0 Å². The van der Waals surface area contributed by atoms with Gasteiger partial charge in [0.05, 0.1) is 0 Å². The Labute approximate surface area is 56.7 Å². The van der Waals surface area contributed by atoms with E-state index in [1.807, 2.05) is 0 Å². The van der Waals surface area contributed by atoms with Crippen LogP contribution in [0, 0.1) is 0 Å². The molecule has 0 saturated heterocycles. The summed E-state index contributed by atoms with van der Waals surface area (Å²) in [6, 6.07) is 0. The van der Waals surface area contributed by atoms with E-state index in [0.29, 0.717) is 0 Å². The van der Waals surface area contributed by atoms with Gasteiger partial charge in [-0.1, -0.05) is 0 Å². The van der Waals surface area contributed by atoms with E-state index in [1.165, 1.54) is 6.92 Å². The van der Waals surface area contributed by atoms with Gasteiger partial charge in [0.1, 0.15) is 0 Å². The number of carbonyl (C=O) groups excluding carboxylic acids is 1. The van der Waals surface area contributed by atoms with Crippen molar-refractivity contribution in [1.29, 1.82) is 0 Å². The molecule has 1 rings (SSSR count). The highest BCUT2D eigenvalue weighted by molar-refractivity contribution is 5.89. The summed E-state index contributed by atoms with van der Waals surface area (Å²) in [4.78, 5) is 10.4. The molecule has 1 heterocycles. The maximum atomic E-state index is 10.4. The molecule has 0 aromatic carbocycles. The Morgan fingerprint density at radius 1 is 1.60 bits per heavy atom. The van der Waals surface area contributed by atoms with Gasteiger partial charge in [0, 0.05) is 0 Å². The summed E-state index contributed by atoms with van der Waals surface area (Å²) in [5.41, 5.74) is 3.62. The van der Waals surface area contributed by atoms with Crippen LogP contribution in [0.5, 0.6) is 0 Å². The first-order valence-electron chi connectivity index (χ1n) is 2.60. The number of carbonyl (C=O) groups is 1. The number of hydrogen-bond acceptors (Lipinski definition) is 5. The monoisotopic (exact) mass is 145 g/mol. The Morgan fingerprint density at radius 2 is 2.10 bits per heavy atom. The molecule has 56 valence electrons. The number of aliphatic hydroxyl groups is 2. The maximum Gasteiger partial charge on any atom is 0.379 e.